The maximum absolute atomic E-state index is 12.0. The molecule has 0 amide bonds. The molecule has 5 N–H and O–H groups in total. The fourth-order valence-electron chi connectivity index (χ4n) is 2.85. The van der Waals surface area contributed by atoms with Crippen LogP contribution in [0, 0.1) is 5.92 Å². The van der Waals surface area contributed by atoms with Crippen LogP contribution < -0.4 is 31.4 Å². The van der Waals surface area contributed by atoms with Crippen LogP contribution in [0.5, 0.6) is 5.75 Å². The Hall–Kier alpha value is -2.18. The van der Waals surface area contributed by atoms with Crippen LogP contribution in [0.15, 0.2) is 26.6 Å². The van der Waals surface area contributed by atoms with Gasteiger partial charge in [0.15, 0.2) is 6.79 Å². The van der Waals surface area contributed by atoms with Crippen molar-refractivity contribution < 1.29 is 23.0 Å². The van der Waals surface area contributed by atoms with Gasteiger partial charge in [0.2, 0.25) is 10.0 Å². The first-order chi connectivity index (χ1) is 14.0. The van der Waals surface area contributed by atoms with E-state index < -0.39 is 32.6 Å². The van der Waals surface area contributed by atoms with E-state index >= 15 is 0 Å². The van der Waals surface area contributed by atoms with E-state index in [0.717, 1.165) is 0 Å². The van der Waals surface area contributed by atoms with Gasteiger partial charge in [-0.3, -0.25) is 9.59 Å². The summed E-state index contributed by atoms with van der Waals surface area (Å²) in [5.74, 6) is -0.118. The number of ether oxygens (including phenoxy) is 2. The van der Waals surface area contributed by atoms with E-state index in [4.69, 9.17) is 31.3 Å². The molecule has 10 nitrogen and oxygen atoms in total. The van der Waals surface area contributed by atoms with Gasteiger partial charge in [0.1, 0.15) is 22.0 Å². The summed E-state index contributed by atoms with van der Waals surface area (Å²) in [5.41, 5.74) is -0.923. The third kappa shape index (κ3) is 5.10. The number of sulfonamides is 1. The smallest absolute Gasteiger partial charge is 0.253 e. The number of halogens is 1. The van der Waals surface area contributed by atoms with Crippen molar-refractivity contribution in [3.8, 4) is 5.75 Å². The number of nitrogens with two attached hydrogens (primary N) is 1. The van der Waals surface area contributed by atoms with Crippen molar-refractivity contribution >= 4 is 33.0 Å². The molecule has 30 heavy (non-hydrogen) atoms. The zero-order valence-corrected chi connectivity index (χ0v) is 18.3. The molecule has 0 bridgehead atoms. The van der Waals surface area contributed by atoms with E-state index in [9.17, 15) is 18.0 Å². The molecule has 0 saturated heterocycles. The van der Waals surface area contributed by atoms with Crippen molar-refractivity contribution in [3.05, 3.63) is 43.2 Å². The van der Waals surface area contributed by atoms with Crippen LogP contribution >= 0.6 is 11.6 Å². The Morgan fingerprint density at radius 2 is 1.83 bits per heavy atom. The predicted octanol–water partition coefficient (Wildman–Crippen LogP) is 0.607. The van der Waals surface area contributed by atoms with Crippen molar-refractivity contribution in [2.75, 3.05) is 31.1 Å². The first kappa shape index (κ1) is 24.1. The molecule has 1 unspecified atom stereocenters. The molecular weight excluding hydrogens is 438 g/mol. The van der Waals surface area contributed by atoms with Gasteiger partial charge in [-0.1, -0.05) is 31.5 Å². The van der Waals surface area contributed by atoms with Gasteiger partial charge < -0.3 is 25.2 Å². The number of aliphatic hydroxyl groups excluding tert-OH is 1. The van der Waals surface area contributed by atoms with Gasteiger partial charge >= 0.3 is 0 Å². The maximum Gasteiger partial charge on any atom is 0.253 e. The number of hydrogen-bond donors (Lipinski definition) is 4. The zero-order chi connectivity index (χ0) is 22.6. The summed E-state index contributed by atoms with van der Waals surface area (Å²) in [7, 11) is -2.72. The summed E-state index contributed by atoms with van der Waals surface area (Å²) >= 11 is 5.93. The van der Waals surface area contributed by atoms with Crippen molar-refractivity contribution in [1.82, 2.24) is 0 Å². The molecule has 1 atom stereocenters. The van der Waals surface area contributed by atoms with Crippen molar-refractivity contribution in [2.24, 2.45) is 11.1 Å². The Balaban J connectivity index is 2.34. The summed E-state index contributed by atoms with van der Waals surface area (Å²) in [6.45, 7) is 3.30. The van der Waals surface area contributed by atoms with Crippen LogP contribution in [0.25, 0.3) is 0 Å². The third-order valence-electron chi connectivity index (χ3n) is 4.49. The van der Waals surface area contributed by atoms with Crippen LogP contribution in [0.2, 0.25) is 5.02 Å². The van der Waals surface area contributed by atoms with E-state index in [2.05, 4.69) is 10.6 Å². The molecule has 0 aliphatic rings. The number of aliphatic hydroxyl groups is 1. The molecular formula is C18H24ClN3O7S. The average molecular weight is 462 g/mol. The average Bonchev–Trinajstić information content (AvgIpc) is 2.66. The Bertz CT molecular complexity index is 1080. The van der Waals surface area contributed by atoms with Gasteiger partial charge in [-0.15, -0.1) is 0 Å². The van der Waals surface area contributed by atoms with E-state index in [1.165, 1.54) is 19.2 Å². The van der Waals surface area contributed by atoms with Gasteiger partial charge in [-0.05, 0) is 12.0 Å². The molecule has 0 aliphatic heterocycles. The van der Waals surface area contributed by atoms with Gasteiger partial charge in [0.25, 0.3) is 10.9 Å². The SMILES string of the molecule is COCC(Nc1c(NCc2ccc(Cl)c(S(N)(=O)=O)c2OCO)c(=O)c1=O)C(C)C. The Kier molecular flexibility index (Phi) is 7.83. The van der Waals surface area contributed by atoms with Gasteiger partial charge in [0, 0.05) is 19.2 Å². The minimum absolute atomic E-state index is 0.0591. The molecule has 0 radical (unpaired) electrons. The molecule has 2 rings (SSSR count). The molecule has 166 valence electrons. The van der Waals surface area contributed by atoms with Crippen LogP contribution in [-0.4, -0.2) is 40.1 Å². The lowest BCUT2D eigenvalue weighted by Gasteiger charge is -2.25. The van der Waals surface area contributed by atoms with Crippen molar-refractivity contribution in [3.63, 3.8) is 0 Å². The highest BCUT2D eigenvalue weighted by Crippen LogP contribution is 2.34. The number of benzene rings is 1. The maximum atomic E-state index is 12.0. The molecule has 0 aliphatic carbocycles. The highest BCUT2D eigenvalue weighted by atomic mass is 35.5. The van der Waals surface area contributed by atoms with Gasteiger partial charge in [0.05, 0.1) is 17.7 Å². The number of hydrogen-bond acceptors (Lipinski definition) is 9. The standard InChI is InChI=1S/C18H24ClN3O7S/c1-9(2)12(7-28-3)22-14-13(15(24)16(14)25)21-6-10-4-5-11(19)18(30(20,26)27)17(10)29-8-23/h4-5,9,12,21-23H,6-8H2,1-3H3,(H2,20,26,27). The lowest BCUT2D eigenvalue weighted by Crippen LogP contribution is -2.42. The fourth-order valence-corrected chi connectivity index (χ4v) is 4.11. The second-order valence-electron chi connectivity index (χ2n) is 6.90. The molecule has 0 saturated carbocycles. The first-order valence-electron chi connectivity index (χ1n) is 8.93. The Morgan fingerprint density at radius 3 is 2.37 bits per heavy atom. The van der Waals surface area contributed by atoms with Crippen LogP contribution in [-0.2, 0) is 21.3 Å². The molecule has 2 aromatic rings. The second-order valence-corrected chi connectivity index (χ2v) is 8.80. The van der Waals surface area contributed by atoms with Gasteiger partial charge in [-0.2, -0.15) is 0 Å². The second kappa shape index (κ2) is 9.75. The fraction of sp³-hybridized carbons (Fsp3) is 0.444. The van der Waals surface area contributed by atoms with Crippen LogP contribution in [0.4, 0.5) is 11.4 Å². The molecule has 2 aromatic carbocycles. The highest BCUT2D eigenvalue weighted by molar-refractivity contribution is 7.89. The number of nitrogens with one attached hydrogen (secondary N) is 2. The molecule has 12 heteroatoms. The zero-order valence-electron chi connectivity index (χ0n) is 16.7. The predicted molar refractivity (Wildman–Crippen MR) is 113 cm³/mol. The summed E-state index contributed by atoms with van der Waals surface area (Å²) in [6.07, 6.45) is 0. The minimum Gasteiger partial charge on any atom is -0.466 e. The molecule has 0 spiro atoms. The molecule has 0 fully saturated rings. The normalized spacial score (nSPS) is 12.9. The number of methoxy groups -OCH3 is 1. The molecule has 0 heterocycles. The minimum atomic E-state index is -4.26. The monoisotopic (exact) mass is 461 g/mol. The van der Waals surface area contributed by atoms with Gasteiger partial charge in [-0.25, -0.2) is 13.6 Å². The summed E-state index contributed by atoms with van der Waals surface area (Å²) < 4.78 is 33.9. The lowest BCUT2D eigenvalue weighted by molar-refractivity contribution is 0.0948. The number of primary sulfonamides is 1. The Morgan fingerprint density at radius 1 is 1.20 bits per heavy atom. The quantitative estimate of drug-likeness (QED) is 0.278. The summed E-state index contributed by atoms with van der Waals surface area (Å²) in [4.78, 5) is 23.6. The first-order valence-corrected chi connectivity index (χ1v) is 10.9. The topological polar surface area (TPSA) is 157 Å². The highest BCUT2D eigenvalue weighted by Gasteiger charge is 2.26. The Labute approximate surface area is 178 Å². The molecule has 0 aromatic heterocycles. The summed E-state index contributed by atoms with van der Waals surface area (Å²) in [5, 5.41) is 20.0. The third-order valence-corrected chi connectivity index (χ3v) is 5.89. The largest absolute Gasteiger partial charge is 0.466 e. The van der Waals surface area contributed by atoms with E-state index in [-0.39, 0.29) is 46.2 Å². The number of anilines is 2. The van der Waals surface area contributed by atoms with Crippen LogP contribution in [0.3, 0.4) is 0 Å². The lowest BCUT2D eigenvalue weighted by atomic mass is 10.0. The van der Waals surface area contributed by atoms with Crippen LogP contribution in [0.1, 0.15) is 19.4 Å². The van der Waals surface area contributed by atoms with Crippen molar-refractivity contribution in [1.29, 1.82) is 0 Å². The number of rotatable bonds is 11. The van der Waals surface area contributed by atoms with E-state index in [1.54, 1.807) is 0 Å². The van der Waals surface area contributed by atoms with E-state index in [1.807, 2.05) is 13.8 Å². The van der Waals surface area contributed by atoms with Crippen molar-refractivity contribution in [2.45, 2.75) is 31.3 Å². The summed E-state index contributed by atoms with van der Waals surface area (Å²) in [6, 6.07) is 2.56. The van der Waals surface area contributed by atoms with E-state index in [0.29, 0.717) is 6.61 Å².